The van der Waals surface area contributed by atoms with Gasteiger partial charge in [0.25, 0.3) is 0 Å². The molecule has 0 radical (unpaired) electrons. The fraction of sp³-hybridized carbons (Fsp3) is 1.00. The van der Waals surface area contributed by atoms with E-state index in [-0.39, 0.29) is 24.4 Å². The van der Waals surface area contributed by atoms with Crippen LogP contribution in [0.5, 0.6) is 0 Å². The van der Waals surface area contributed by atoms with Gasteiger partial charge in [0, 0.05) is 32.8 Å². The van der Waals surface area contributed by atoms with Crippen molar-refractivity contribution in [3.05, 3.63) is 0 Å². The van der Waals surface area contributed by atoms with E-state index in [0.717, 1.165) is 51.4 Å². The molecule has 0 amide bonds. The Morgan fingerprint density at radius 1 is 0.839 bits per heavy atom. The maximum absolute atomic E-state index is 6.53. The molecule has 3 aliphatic heterocycles. The van der Waals surface area contributed by atoms with Crippen LogP contribution in [0.2, 0.25) is 0 Å². The lowest BCUT2D eigenvalue weighted by Crippen LogP contribution is -2.47. The molecule has 2 saturated carbocycles. The third-order valence-electron chi connectivity index (χ3n) is 7.35. The van der Waals surface area contributed by atoms with Crippen LogP contribution >= 0.6 is 0 Å². The molecular weight excluding hydrogens is 404 g/mol. The van der Waals surface area contributed by atoms with E-state index in [4.69, 9.17) is 37.9 Å². The van der Waals surface area contributed by atoms with Crippen molar-refractivity contribution in [3.8, 4) is 0 Å². The van der Waals surface area contributed by atoms with E-state index in [1.165, 1.54) is 12.8 Å². The number of methoxy groups -OCH3 is 1. The van der Waals surface area contributed by atoms with Gasteiger partial charge in [0.2, 0.25) is 0 Å². The van der Waals surface area contributed by atoms with E-state index in [0.29, 0.717) is 19.8 Å². The Balaban J connectivity index is 1.28. The van der Waals surface area contributed by atoms with Crippen LogP contribution in [0.25, 0.3) is 0 Å². The zero-order valence-electron chi connectivity index (χ0n) is 18.9. The van der Waals surface area contributed by atoms with Crippen molar-refractivity contribution in [3.63, 3.8) is 0 Å². The van der Waals surface area contributed by atoms with Gasteiger partial charge in [0.1, 0.15) is 24.4 Å². The van der Waals surface area contributed by atoms with E-state index in [1.54, 1.807) is 7.11 Å². The Morgan fingerprint density at radius 3 is 2.26 bits per heavy atom. The average molecular weight is 443 g/mol. The van der Waals surface area contributed by atoms with Crippen LogP contribution in [0.15, 0.2) is 0 Å². The van der Waals surface area contributed by atoms with Gasteiger partial charge in [0.15, 0.2) is 24.2 Å². The fourth-order valence-electron chi connectivity index (χ4n) is 5.79. The summed E-state index contributed by atoms with van der Waals surface area (Å²) in [5.41, 5.74) is 0. The molecule has 0 aromatic rings. The quantitative estimate of drug-likeness (QED) is 0.439. The lowest BCUT2D eigenvalue weighted by atomic mass is 9.94. The van der Waals surface area contributed by atoms with Crippen molar-refractivity contribution in [2.24, 2.45) is 0 Å². The summed E-state index contributed by atoms with van der Waals surface area (Å²) in [6.07, 6.45) is 8.71. The minimum atomic E-state index is -0.530. The van der Waals surface area contributed by atoms with Crippen LogP contribution in [0.3, 0.4) is 0 Å². The van der Waals surface area contributed by atoms with Gasteiger partial charge in [-0.15, -0.1) is 0 Å². The van der Waals surface area contributed by atoms with Gasteiger partial charge >= 0.3 is 0 Å². The molecular formula is C23H38O8. The molecule has 31 heavy (non-hydrogen) atoms. The topological polar surface area (TPSA) is 73.8 Å². The highest BCUT2D eigenvalue weighted by molar-refractivity contribution is 5.01. The van der Waals surface area contributed by atoms with Crippen molar-refractivity contribution >= 4 is 0 Å². The van der Waals surface area contributed by atoms with Gasteiger partial charge < -0.3 is 37.9 Å². The Morgan fingerprint density at radius 2 is 1.55 bits per heavy atom. The average Bonchev–Trinajstić information content (AvgIpc) is 3.42. The molecule has 0 N–H and O–H groups in total. The van der Waals surface area contributed by atoms with Crippen molar-refractivity contribution in [2.45, 2.75) is 120 Å². The normalized spacial score (nSPS) is 39.9. The van der Waals surface area contributed by atoms with Gasteiger partial charge in [-0.2, -0.15) is 0 Å². The molecule has 2 aliphatic carbocycles. The van der Waals surface area contributed by atoms with Crippen LogP contribution in [0, 0.1) is 0 Å². The summed E-state index contributed by atoms with van der Waals surface area (Å²) >= 11 is 0. The van der Waals surface area contributed by atoms with Crippen molar-refractivity contribution in [1.82, 2.24) is 0 Å². The zero-order chi connectivity index (χ0) is 21.3. The minimum Gasteiger partial charge on any atom is -0.382 e. The maximum atomic E-state index is 6.53. The van der Waals surface area contributed by atoms with E-state index >= 15 is 0 Å². The van der Waals surface area contributed by atoms with E-state index < -0.39 is 24.2 Å². The molecule has 6 atom stereocenters. The number of rotatable bonds is 7. The zero-order valence-corrected chi connectivity index (χ0v) is 18.9. The Labute approximate surface area is 185 Å². The number of hydrogen-bond acceptors (Lipinski definition) is 8. The van der Waals surface area contributed by atoms with Crippen LogP contribution in [-0.4, -0.2) is 75.5 Å². The summed E-state index contributed by atoms with van der Waals surface area (Å²) in [6, 6.07) is 0. The molecule has 0 aromatic heterocycles. The minimum absolute atomic E-state index is 0.200. The molecule has 3 heterocycles. The second kappa shape index (κ2) is 9.50. The summed E-state index contributed by atoms with van der Waals surface area (Å²) in [4.78, 5) is 0. The van der Waals surface area contributed by atoms with E-state index in [9.17, 15) is 0 Å². The van der Waals surface area contributed by atoms with Gasteiger partial charge in [-0.25, -0.2) is 0 Å². The Kier molecular flexibility index (Phi) is 6.89. The standard InChI is InChI=1S/C23H38O8/c1-16(25-14-13-24-2)27-19-18(17-15-26-22(29-17)9-5-3-6-10-22)28-21-20(19)30-23(31-21)11-7-4-8-12-23/h16-21H,3-15H2,1-2H3/t16?,17-,18+,19-,20+,21+/m0/s1. The SMILES string of the molecule is COCCOC(C)O[C@@H]1[C@H]2OC3(CCCCC3)O[C@H]2O[C@@H]1[C@@H]1COC2(CCCCC2)O1. The first-order valence-corrected chi connectivity index (χ1v) is 12.2. The van der Waals surface area contributed by atoms with Crippen LogP contribution in [0.4, 0.5) is 0 Å². The molecule has 5 fully saturated rings. The second-order valence-corrected chi connectivity index (χ2v) is 9.61. The molecule has 0 aromatic carbocycles. The van der Waals surface area contributed by atoms with Crippen LogP contribution < -0.4 is 0 Å². The summed E-state index contributed by atoms with van der Waals surface area (Å²) in [5.74, 6) is -0.987. The van der Waals surface area contributed by atoms with Crippen molar-refractivity contribution in [1.29, 1.82) is 0 Å². The molecule has 178 valence electrons. The first-order valence-electron chi connectivity index (χ1n) is 12.2. The molecule has 2 spiro atoms. The monoisotopic (exact) mass is 442 g/mol. The third kappa shape index (κ3) is 4.68. The molecule has 0 bridgehead atoms. The summed E-state index contributed by atoms with van der Waals surface area (Å²) < 4.78 is 49.2. The second-order valence-electron chi connectivity index (χ2n) is 9.61. The molecule has 8 heteroatoms. The smallest absolute Gasteiger partial charge is 0.190 e. The van der Waals surface area contributed by atoms with Crippen LogP contribution in [-0.2, 0) is 37.9 Å². The predicted octanol–water partition coefficient (Wildman–Crippen LogP) is 3.26. The van der Waals surface area contributed by atoms with Gasteiger partial charge in [-0.1, -0.05) is 12.8 Å². The summed E-state index contributed by atoms with van der Waals surface area (Å²) in [6.45, 7) is 3.40. The fourth-order valence-corrected chi connectivity index (χ4v) is 5.79. The first kappa shape index (κ1) is 22.5. The van der Waals surface area contributed by atoms with Crippen molar-refractivity contribution < 1.29 is 37.9 Å². The molecule has 5 rings (SSSR count). The lowest BCUT2D eigenvalue weighted by molar-refractivity contribution is -0.274. The molecule has 1 unspecified atom stereocenters. The van der Waals surface area contributed by atoms with Crippen LogP contribution in [0.1, 0.15) is 71.1 Å². The largest absolute Gasteiger partial charge is 0.382 e. The van der Waals surface area contributed by atoms with Gasteiger partial charge in [0.05, 0.1) is 19.8 Å². The number of ether oxygens (including phenoxy) is 8. The van der Waals surface area contributed by atoms with Crippen molar-refractivity contribution in [2.75, 3.05) is 26.9 Å². The third-order valence-corrected chi connectivity index (χ3v) is 7.35. The van der Waals surface area contributed by atoms with Gasteiger partial charge in [-0.05, 0) is 32.6 Å². The lowest BCUT2D eigenvalue weighted by Gasteiger charge is -2.36. The first-order chi connectivity index (χ1) is 15.1. The Hall–Kier alpha value is -0.320. The highest BCUT2D eigenvalue weighted by atomic mass is 16.9. The van der Waals surface area contributed by atoms with E-state index in [1.807, 2.05) is 6.92 Å². The Bertz CT molecular complexity index is 588. The summed E-state index contributed by atoms with van der Waals surface area (Å²) in [7, 11) is 1.66. The number of hydrogen-bond donors (Lipinski definition) is 0. The maximum Gasteiger partial charge on any atom is 0.190 e. The number of fused-ring (bicyclic) bond motifs is 1. The highest BCUT2D eigenvalue weighted by Crippen LogP contribution is 2.48. The molecule has 8 nitrogen and oxygen atoms in total. The van der Waals surface area contributed by atoms with E-state index in [2.05, 4.69) is 0 Å². The van der Waals surface area contributed by atoms with Gasteiger partial charge in [-0.3, -0.25) is 0 Å². The highest BCUT2D eigenvalue weighted by Gasteiger charge is 2.62. The molecule has 3 saturated heterocycles. The predicted molar refractivity (Wildman–Crippen MR) is 109 cm³/mol. The summed E-state index contributed by atoms with van der Waals surface area (Å²) in [5, 5.41) is 0. The molecule has 5 aliphatic rings.